The standard InChI is InChI=1S/C11H12O.C10H10O2.CH4/c1-8(2)10-4-6-11(7-5-10)9(3)12;1-7(11)9-4-3-5-10(6-9)8(2)12;/h4-7H,1H2,2-3H3;3-6H,1-2H3;1H4. The van der Waals surface area contributed by atoms with Crippen LogP contribution in [0.25, 0.3) is 5.57 Å². The van der Waals surface area contributed by atoms with E-state index >= 15 is 0 Å². The van der Waals surface area contributed by atoms with Crippen LogP contribution in [0.3, 0.4) is 0 Å². The first-order valence-corrected chi connectivity index (χ1v) is 7.61. The van der Waals surface area contributed by atoms with Crippen molar-refractivity contribution in [3.05, 3.63) is 77.4 Å². The maximum Gasteiger partial charge on any atom is 0.159 e. The van der Waals surface area contributed by atoms with Crippen LogP contribution >= 0.6 is 0 Å². The van der Waals surface area contributed by atoms with Gasteiger partial charge in [0, 0.05) is 16.7 Å². The van der Waals surface area contributed by atoms with Crippen molar-refractivity contribution in [2.45, 2.75) is 35.1 Å². The molecule has 0 radical (unpaired) electrons. The zero-order chi connectivity index (χ0) is 18.3. The molecule has 0 saturated heterocycles. The number of carbonyl (C=O) groups is 3. The van der Waals surface area contributed by atoms with Crippen LogP contribution < -0.4 is 0 Å². The predicted octanol–water partition coefficient (Wildman–Crippen LogP) is 5.65. The monoisotopic (exact) mass is 338 g/mol. The quantitative estimate of drug-likeness (QED) is 0.677. The maximum absolute atomic E-state index is 10.9. The fourth-order valence-corrected chi connectivity index (χ4v) is 1.95. The van der Waals surface area contributed by atoms with Gasteiger partial charge in [-0.25, -0.2) is 0 Å². The van der Waals surface area contributed by atoms with E-state index in [9.17, 15) is 14.4 Å². The predicted molar refractivity (Wildman–Crippen MR) is 104 cm³/mol. The molecule has 0 atom stereocenters. The van der Waals surface area contributed by atoms with Crippen LogP contribution in [0.5, 0.6) is 0 Å². The first-order chi connectivity index (χ1) is 11.2. The molecule has 2 rings (SSSR count). The third-order valence-corrected chi connectivity index (χ3v) is 3.46. The molecule has 0 aliphatic rings. The lowest BCUT2D eigenvalue weighted by Crippen LogP contribution is -1.96. The van der Waals surface area contributed by atoms with Gasteiger partial charge in [-0.2, -0.15) is 0 Å². The average Bonchev–Trinajstić information content (AvgIpc) is 2.55. The molecule has 0 heterocycles. The Morgan fingerprint density at radius 2 is 1.00 bits per heavy atom. The number of ketones is 3. The lowest BCUT2D eigenvalue weighted by atomic mass is 10.1. The van der Waals surface area contributed by atoms with Crippen molar-refractivity contribution in [1.82, 2.24) is 0 Å². The summed E-state index contributed by atoms with van der Waals surface area (Å²) in [5.74, 6) is 0.0689. The summed E-state index contributed by atoms with van der Waals surface area (Å²) in [6.07, 6.45) is 0. The molecule has 0 spiro atoms. The van der Waals surface area contributed by atoms with Gasteiger partial charge < -0.3 is 0 Å². The number of rotatable bonds is 4. The van der Waals surface area contributed by atoms with Gasteiger partial charge in [-0.3, -0.25) is 14.4 Å². The number of hydrogen-bond acceptors (Lipinski definition) is 3. The van der Waals surface area contributed by atoms with Crippen LogP contribution in [0.4, 0.5) is 0 Å². The zero-order valence-electron chi connectivity index (χ0n) is 14.6. The van der Waals surface area contributed by atoms with Gasteiger partial charge in [-0.05, 0) is 39.3 Å². The molecule has 0 amide bonds. The molecule has 0 N–H and O–H groups in total. The SMILES string of the molecule is C.C=C(C)c1ccc(C(C)=O)cc1.CC(=O)c1cccc(C(C)=O)c1. The van der Waals surface area contributed by atoms with E-state index in [0.717, 1.165) is 16.7 Å². The Morgan fingerprint density at radius 1 is 0.640 bits per heavy atom. The molecule has 2 aromatic carbocycles. The molecule has 3 nitrogen and oxygen atoms in total. The summed E-state index contributed by atoms with van der Waals surface area (Å²) >= 11 is 0. The van der Waals surface area contributed by atoms with E-state index in [4.69, 9.17) is 0 Å². The van der Waals surface area contributed by atoms with Gasteiger partial charge in [0.1, 0.15) is 0 Å². The van der Waals surface area contributed by atoms with Gasteiger partial charge in [0.25, 0.3) is 0 Å². The summed E-state index contributed by atoms with van der Waals surface area (Å²) in [6, 6.07) is 14.2. The Balaban J connectivity index is 0.000000443. The van der Waals surface area contributed by atoms with Crippen LogP contribution in [0.1, 0.15) is 71.8 Å². The van der Waals surface area contributed by atoms with Gasteiger partial charge in [-0.1, -0.05) is 62.0 Å². The van der Waals surface area contributed by atoms with Gasteiger partial charge in [0.15, 0.2) is 17.3 Å². The number of carbonyl (C=O) groups excluding carboxylic acids is 3. The van der Waals surface area contributed by atoms with E-state index in [2.05, 4.69) is 6.58 Å². The van der Waals surface area contributed by atoms with Crippen molar-refractivity contribution in [3.63, 3.8) is 0 Å². The summed E-state index contributed by atoms with van der Waals surface area (Å²) in [5.41, 5.74) is 4.02. The Labute approximate surface area is 150 Å². The normalized spacial score (nSPS) is 9.12. The van der Waals surface area contributed by atoms with Crippen molar-refractivity contribution < 1.29 is 14.4 Å². The van der Waals surface area contributed by atoms with E-state index in [1.54, 1.807) is 31.2 Å². The summed E-state index contributed by atoms with van der Waals surface area (Å²) < 4.78 is 0. The minimum absolute atomic E-state index is 0. The van der Waals surface area contributed by atoms with Gasteiger partial charge in [-0.15, -0.1) is 0 Å². The summed E-state index contributed by atoms with van der Waals surface area (Å²) in [6.45, 7) is 10.3. The smallest absolute Gasteiger partial charge is 0.159 e. The summed E-state index contributed by atoms with van der Waals surface area (Å²) in [4.78, 5) is 32.7. The molecule has 0 aromatic heterocycles. The van der Waals surface area contributed by atoms with Crippen molar-refractivity contribution >= 4 is 22.9 Å². The molecule has 0 aliphatic heterocycles. The molecule has 0 fully saturated rings. The fraction of sp³-hybridized carbons (Fsp3) is 0.227. The maximum atomic E-state index is 10.9. The lowest BCUT2D eigenvalue weighted by molar-refractivity contribution is 0.100. The molecule has 0 unspecified atom stereocenters. The molecule has 3 heteroatoms. The highest BCUT2D eigenvalue weighted by Crippen LogP contribution is 2.12. The second-order valence-electron chi connectivity index (χ2n) is 5.61. The number of allylic oxidation sites excluding steroid dienone is 1. The summed E-state index contributed by atoms with van der Waals surface area (Å²) in [5, 5.41) is 0. The molecule has 2 aromatic rings. The number of Topliss-reactive ketones (excluding diaryl/α,β-unsaturated/α-hetero) is 3. The molecule has 25 heavy (non-hydrogen) atoms. The minimum Gasteiger partial charge on any atom is -0.295 e. The van der Waals surface area contributed by atoms with Crippen molar-refractivity contribution in [2.75, 3.05) is 0 Å². The summed E-state index contributed by atoms with van der Waals surface area (Å²) in [7, 11) is 0. The highest BCUT2D eigenvalue weighted by molar-refractivity contribution is 5.99. The third-order valence-electron chi connectivity index (χ3n) is 3.46. The first-order valence-electron chi connectivity index (χ1n) is 7.61. The zero-order valence-corrected chi connectivity index (χ0v) is 14.6. The van der Waals surface area contributed by atoms with E-state index in [-0.39, 0.29) is 24.8 Å². The third kappa shape index (κ3) is 7.08. The van der Waals surface area contributed by atoms with Gasteiger partial charge >= 0.3 is 0 Å². The highest BCUT2D eigenvalue weighted by atomic mass is 16.1. The average molecular weight is 338 g/mol. The second kappa shape index (κ2) is 10.1. The van der Waals surface area contributed by atoms with E-state index in [0.29, 0.717) is 11.1 Å². The minimum atomic E-state index is -0.0156. The largest absolute Gasteiger partial charge is 0.295 e. The fourth-order valence-electron chi connectivity index (χ4n) is 1.95. The van der Waals surface area contributed by atoms with Crippen LogP contribution in [0.2, 0.25) is 0 Å². The molecule has 0 bridgehead atoms. The van der Waals surface area contributed by atoms with Gasteiger partial charge in [0.2, 0.25) is 0 Å². The van der Waals surface area contributed by atoms with Crippen LogP contribution in [-0.4, -0.2) is 17.3 Å². The topological polar surface area (TPSA) is 51.2 Å². The van der Waals surface area contributed by atoms with Crippen molar-refractivity contribution in [3.8, 4) is 0 Å². The van der Waals surface area contributed by atoms with Gasteiger partial charge in [0.05, 0.1) is 0 Å². The van der Waals surface area contributed by atoms with E-state index in [1.807, 2.05) is 31.2 Å². The Kier molecular flexibility index (Phi) is 9.00. The van der Waals surface area contributed by atoms with E-state index < -0.39 is 0 Å². The molecule has 0 saturated carbocycles. The second-order valence-corrected chi connectivity index (χ2v) is 5.61. The van der Waals surface area contributed by atoms with E-state index in [1.165, 1.54) is 13.8 Å². The Morgan fingerprint density at radius 3 is 1.32 bits per heavy atom. The number of benzene rings is 2. The lowest BCUT2D eigenvalue weighted by Gasteiger charge is -1.99. The van der Waals surface area contributed by atoms with Crippen LogP contribution in [-0.2, 0) is 0 Å². The first kappa shape index (κ1) is 22.2. The Bertz CT molecular complexity index is 706. The van der Waals surface area contributed by atoms with Crippen LogP contribution in [0.15, 0.2) is 55.1 Å². The number of hydrogen-bond donors (Lipinski definition) is 0. The highest BCUT2D eigenvalue weighted by Gasteiger charge is 2.02. The Hall–Kier alpha value is -2.81. The molecule has 0 aliphatic carbocycles. The van der Waals surface area contributed by atoms with Crippen molar-refractivity contribution in [2.24, 2.45) is 0 Å². The van der Waals surface area contributed by atoms with Crippen LogP contribution in [0, 0.1) is 0 Å². The molecular weight excluding hydrogens is 312 g/mol. The molecule has 132 valence electrons. The van der Waals surface area contributed by atoms with Crippen molar-refractivity contribution in [1.29, 1.82) is 0 Å². The molecular formula is C22H26O3.